The molecule has 0 saturated heterocycles. The minimum Gasteiger partial charge on any atom is -0.381 e. The molecule has 4 heteroatoms. The van der Waals surface area contributed by atoms with Gasteiger partial charge in [0.25, 0.3) is 5.92 Å². The zero-order valence-corrected chi connectivity index (χ0v) is 10.9. The molecule has 96 valence electrons. The molecule has 2 nitrogen and oxygen atoms in total. The van der Waals surface area contributed by atoms with Crippen molar-refractivity contribution in [3.8, 4) is 0 Å². The van der Waals surface area contributed by atoms with Crippen LogP contribution in [0.2, 0.25) is 0 Å². The van der Waals surface area contributed by atoms with E-state index in [4.69, 9.17) is 0 Å². The van der Waals surface area contributed by atoms with E-state index in [1.54, 1.807) is 6.08 Å². The predicted octanol–water partition coefficient (Wildman–Crippen LogP) is 2.72. The van der Waals surface area contributed by atoms with E-state index in [2.05, 4.69) is 6.58 Å². The summed E-state index contributed by atoms with van der Waals surface area (Å²) in [6, 6.07) is 0. The van der Waals surface area contributed by atoms with Crippen molar-refractivity contribution < 1.29 is 8.78 Å². The zero-order chi connectivity index (χ0) is 13.2. The number of hydrogen-bond donors (Lipinski definition) is 0. The maximum atomic E-state index is 13.7. The van der Waals surface area contributed by atoms with Gasteiger partial charge in [0.2, 0.25) is 0 Å². The number of alkyl halides is 2. The number of hydrogen-bond acceptors (Lipinski definition) is 2. The minimum absolute atomic E-state index is 0.337. The van der Waals surface area contributed by atoms with Gasteiger partial charge in [-0.1, -0.05) is 12.7 Å². The fourth-order valence-electron chi connectivity index (χ4n) is 1.76. The molecule has 0 amide bonds. The highest BCUT2D eigenvalue weighted by Gasteiger charge is 2.37. The molecule has 1 atom stereocenters. The molecule has 0 aromatic carbocycles. The highest BCUT2D eigenvalue weighted by molar-refractivity contribution is 5.29. The van der Waals surface area contributed by atoms with E-state index >= 15 is 0 Å². The summed E-state index contributed by atoms with van der Waals surface area (Å²) in [5, 5.41) is 0. The van der Waals surface area contributed by atoms with Crippen LogP contribution in [0.15, 0.2) is 36.2 Å². The predicted molar refractivity (Wildman–Crippen MR) is 66.8 cm³/mol. The number of allylic oxidation sites excluding steroid dienone is 4. The second kappa shape index (κ2) is 4.90. The summed E-state index contributed by atoms with van der Waals surface area (Å²) in [7, 11) is 7.44. The van der Waals surface area contributed by atoms with E-state index in [0.717, 1.165) is 17.5 Å². The van der Waals surface area contributed by atoms with Gasteiger partial charge in [-0.3, -0.25) is 0 Å². The summed E-state index contributed by atoms with van der Waals surface area (Å²) < 4.78 is 27.4. The molecule has 1 rings (SSSR count). The van der Waals surface area contributed by atoms with Gasteiger partial charge >= 0.3 is 0 Å². The van der Waals surface area contributed by atoms with Gasteiger partial charge in [-0.25, -0.2) is 8.78 Å². The van der Waals surface area contributed by atoms with E-state index in [9.17, 15) is 8.78 Å². The lowest BCUT2D eigenvalue weighted by atomic mass is 9.90. The van der Waals surface area contributed by atoms with Crippen LogP contribution in [0.4, 0.5) is 8.78 Å². The number of nitrogens with zero attached hydrogens (tertiary/aromatic N) is 2. The summed E-state index contributed by atoms with van der Waals surface area (Å²) in [6.45, 7) is 3.22. The van der Waals surface area contributed by atoms with Crippen molar-refractivity contribution in [2.24, 2.45) is 5.92 Å². The first-order valence-corrected chi connectivity index (χ1v) is 5.56. The average Bonchev–Trinajstić information content (AvgIpc) is 2.28. The second-order valence-electron chi connectivity index (χ2n) is 4.71. The Balaban J connectivity index is 3.07. The lowest BCUT2D eigenvalue weighted by molar-refractivity contribution is 0.00797. The molecular formula is C13H20F2N2. The first kappa shape index (κ1) is 13.7. The van der Waals surface area contributed by atoms with Gasteiger partial charge in [0.1, 0.15) is 0 Å². The molecular weight excluding hydrogens is 222 g/mol. The van der Waals surface area contributed by atoms with Crippen molar-refractivity contribution in [2.45, 2.75) is 12.3 Å². The monoisotopic (exact) mass is 242 g/mol. The van der Waals surface area contributed by atoms with Gasteiger partial charge < -0.3 is 9.80 Å². The summed E-state index contributed by atoms with van der Waals surface area (Å²) in [5.41, 5.74) is 1.72. The van der Waals surface area contributed by atoms with Crippen molar-refractivity contribution >= 4 is 0 Å². The van der Waals surface area contributed by atoms with E-state index in [1.165, 1.54) is 0 Å². The Hall–Kier alpha value is -1.32. The molecule has 0 heterocycles. The normalized spacial score (nSPS) is 20.5. The Morgan fingerprint density at radius 2 is 1.88 bits per heavy atom. The smallest absolute Gasteiger partial charge is 0.272 e. The summed E-state index contributed by atoms with van der Waals surface area (Å²) in [5.74, 6) is -3.68. The van der Waals surface area contributed by atoms with Gasteiger partial charge in [0.15, 0.2) is 0 Å². The van der Waals surface area contributed by atoms with Crippen LogP contribution in [-0.4, -0.2) is 43.9 Å². The van der Waals surface area contributed by atoms with Crippen molar-refractivity contribution in [1.29, 1.82) is 0 Å². The summed E-state index contributed by atoms with van der Waals surface area (Å²) in [4.78, 5) is 3.72. The zero-order valence-electron chi connectivity index (χ0n) is 10.9. The second-order valence-corrected chi connectivity index (χ2v) is 4.71. The Kier molecular flexibility index (Phi) is 3.96. The number of likely N-dealkylation sites (N-methyl/N-ethyl adjacent to an activating group) is 1. The molecule has 0 aromatic rings. The molecule has 0 radical (unpaired) electrons. The lowest BCUT2D eigenvalue weighted by Gasteiger charge is -2.31. The van der Waals surface area contributed by atoms with Crippen LogP contribution >= 0.6 is 0 Å². The molecule has 0 aliphatic heterocycles. The average molecular weight is 242 g/mol. The van der Waals surface area contributed by atoms with E-state index in [-0.39, 0.29) is 0 Å². The van der Waals surface area contributed by atoms with Gasteiger partial charge in [0.05, 0.1) is 5.92 Å². The molecule has 0 fully saturated rings. The van der Waals surface area contributed by atoms with Crippen LogP contribution in [0.1, 0.15) is 6.42 Å². The summed E-state index contributed by atoms with van der Waals surface area (Å²) >= 11 is 0. The first-order valence-electron chi connectivity index (χ1n) is 5.56. The van der Waals surface area contributed by atoms with E-state index < -0.39 is 11.8 Å². The number of halogens is 2. The highest BCUT2D eigenvalue weighted by Crippen LogP contribution is 2.36. The third kappa shape index (κ3) is 3.08. The molecule has 0 bridgehead atoms. The third-order valence-electron chi connectivity index (χ3n) is 2.97. The van der Waals surface area contributed by atoms with Gasteiger partial charge in [0, 0.05) is 39.6 Å². The minimum atomic E-state index is -2.86. The topological polar surface area (TPSA) is 6.48 Å². The Bertz CT molecular complexity index is 354. The molecule has 1 aliphatic carbocycles. The van der Waals surface area contributed by atoms with Gasteiger partial charge in [-0.15, -0.1) is 0 Å². The van der Waals surface area contributed by atoms with Crippen LogP contribution in [-0.2, 0) is 0 Å². The maximum Gasteiger partial charge on any atom is 0.272 e. The number of rotatable bonds is 4. The Labute approximate surface area is 102 Å². The van der Waals surface area contributed by atoms with E-state index in [1.807, 2.05) is 44.1 Å². The fraction of sp³-hybridized carbons (Fsp3) is 0.538. The molecule has 17 heavy (non-hydrogen) atoms. The van der Waals surface area contributed by atoms with Gasteiger partial charge in [-0.05, 0) is 18.6 Å². The first-order chi connectivity index (χ1) is 7.77. The van der Waals surface area contributed by atoms with Crippen molar-refractivity contribution in [2.75, 3.05) is 28.2 Å². The molecule has 0 spiro atoms. The van der Waals surface area contributed by atoms with Crippen molar-refractivity contribution in [1.82, 2.24) is 9.80 Å². The largest absolute Gasteiger partial charge is 0.381 e. The fourth-order valence-corrected chi connectivity index (χ4v) is 1.76. The van der Waals surface area contributed by atoms with Crippen molar-refractivity contribution in [3.63, 3.8) is 0 Å². The van der Waals surface area contributed by atoms with E-state index in [0.29, 0.717) is 6.42 Å². The third-order valence-corrected chi connectivity index (χ3v) is 2.97. The van der Waals surface area contributed by atoms with Crippen LogP contribution in [0.3, 0.4) is 0 Å². The molecule has 0 saturated carbocycles. The SMILES string of the molecule is C=CC(F)(F)C1C=C(N(C)C)C=C(N(C)C)C1. The quantitative estimate of drug-likeness (QED) is 0.699. The van der Waals surface area contributed by atoms with Crippen molar-refractivity contribution in [3.05, 3.63) is 36.2 Å². The van der Waals surface area contributed by atoms with Crippen LogP contribution in [0, 0.1) is 5.92 Å². The lowest BCUT2D eigenvalue weighted by Crippen LogP contribution is -2.30. The van der Waals surface area contributed by atoms with Crippen LogP contribution < -0.4 is 0 Å². The Morgan fingerprint density at radius 3 is 2.29 bits per heavy atom. The molecule has 1 unspecified atom stereocenters. The highest BCUT2D eigenvalue weighted by atomic mass is 19.3. The molecule has 0 N–H and O–H groups in total. The standard InChI is InChI=1S/C13H20F2N2/c1-6-13(14,15)10-7-11(16(2)3)9-12(8-10)17(4)5/h6-7,9-10H,1,8H2,2-5H3. The van der Waals surface area contributed by atoms with Crippen LogP contribution in [0.5, 0.6) is 0 Å². The molecule has 0 aromatic heterocycles. The summed E-state index contributed by atoms with van der Waals surface area (Å²) in [6.07, 6.45) is 4.63. The molecule has 1 aliphatic rings. The van der Waals surface area contributed by atoms with Crippen LogP contribution in [0.25, 0.3) is 0 Å². The van der Waals surface area contributed by atoms with Gasteiger partial charge in [-0.2, -0.15) is 0 Å². The Morgan fingerprint density at radius 1 is 1.29 bits per heavy atom. The maximum absolute atomic E-state index is 13.7.